The molecule has 5 nitrogen and oxygen atoms in total. The van der Waals surface area contributed by atoms with E-state index in [2.05, 4.69) is 0 Å². The van der Waals surface area contributed by atoms with E-state index in [1.165, 1.54) is 18.2 Å². The maximum absolute atomic E-state index is 12.5. The Labute approximate surface area is 144 Å². The standard InChI is InChI=1S/C18H17ClO5/c1-10-8-16-15(24-16)5-3-2-4-11(20)9-12-13(19)6-7-14(21)17(12)18(22)23-10/h2-7,10,15-16,21H,8-9H2,1H3/b4-2+,5-3+. The quantitative estimate of drug-likeness (QED) is 0.576. The van der Waals surface area contributed by atoms with Crippen LogP contribution < -0.4 is 0 Å². The molecule has 2 aliphatic heterocycles. The number of phenolic OH excluding ortho intramolecular Hbond substituents is 1. The summed E-state index contributed by atoms with van der Waals surface area (Å²) in [5.74, 6) is -1.19. The smallest absolute Gasteiger partial charge is 0.342 e. The number of aromatic hydroxyl groups is 1. The van der Waals surface area contributed by atoms with E-state index in [0.717, 1.165) is 0 Å². The Hall–Kier alpha value is -2.11. The van der Waals surface area contributed by atoms with Gasteiger partial charge in [0.15, 0.2) is 5.78 Å². The molecule has 2 aliphatic rings. The Morgan fingerprint density at radius 3 is 2.83 bits per heavy atom. The first-order valence-electron chi connectivity index (χ1n) is 7.70. The van der Waals surface area contributed by atoms with Crippen molar-refractivity contribution in [2.24, 2.45) is 0 Å². The lowest BCUT2D eigenvalue weighted by molar-refractivity contribution is -0.114. The summed E-state index contributed by atoms with van der Waals surface area (Å²) in [5, 5.41) is 10.3. The second-order valence-corrected chi connectivity index (χ2v) is 6.31. The SMILES string of the molecule is CC1CC2OC2/C=C/C=C/C(=O)Cc2c(Cl)ccc(O)c2C(=O)O1. The number of rotatable bonds is 0. The number of fused-ring (bicyclic) bond motifs is 2. The number of ether oxygens (including phenoxy) is 2. The van der Waals surface area contributed by atoms with E-state index in [4.69, 9.17) is 21.1 Å². The molecule has 0 aromatic heterocycles. The molecule has 126 valence electrons. The molecule has 6 heteroatoms. The highest BCUT2D eigenvalue weighted by Gasteiger charge is 2.38. The van der Waals surface area contributed by atoms with E-state index >= 15 is 0 Å². The predicted molar refractivity (Wildman–Crippen MR) is 88.3 cm³/mol. The van der Waals surface area contributed by atoms with Gasteiger partial charge in [0.25, 0.3) is 0 Å². The van der Waals surface area contributed by atoms with Crippen LogP contribution in [-0.4, -0.2) is 35.2 Å². The highest BCUT2D eigenvalue weighted by molar-refractivity contribution is 6.32. The van der Waals surface area contributed by atoms with Crippen molar-refractivity contribution in [3.63, 3.8) is 0 Å². The highest BCUT2D eigenvalue weighted by Crippen LogP contribution is 2.32. The zero-order valence-corrected chi connectivity index (χ0v) is 13.8. The Bertz CT molecular complexity index is 737. The van der Waals surface area contributed by atoms with Crippen LogP contribution in [0.4, 0.5) is 0 Å². The molecule has 1 saturated heterocycles. The lowest BCUT2D eigenvalue weighted by atomic mass is 10.0. The molecule has 2 heterocycles. The fourth-order valence-electron chi connectivity index (χ4n) is 2.71. The van der Waals surface area contributed by atoms with E-state index in [9.17, 15) is 14.7 Å². The summed E-state index contributed by atoms with van der Waals surface area (Å²) in [5.41, 5.74) is 0.210. The van der Waals surface area contributed by atoms with Crippen LogP contribution in [-0.2, 0) is 20.7 Å². The first-order valence-corrected chi connectivity index (χ1v) is 8.08. The van der Waals surface area contributed by atoms with Crippen LogP contribution in [0.15, 0.2) is 36.4 Å². The molecule has 0 saturated carbocycles. The fraction of sp³-hybridized carbons (Fsp3) is 0.333. The van der Waals surface area contributed by atoms with Gasteiger partial charge in [-0.25, -0.2) is 4.79 Å². The lowest BCUT2D eigenvalue weighted by Crippen LogP contribution is -2.19. The number of esters is 1. The topological polar surface area (TPSA) is 76.1 Å². The zero-order valence-electron chi connectivity index (χ0n) is 13.1. The van der Waals surface area contributed by atoms with Gasteiger partial charge in [-0.3, -0.25) is 4.79 Å². The second kappa shape index (κ2) is 6.79. The predicted octanol–water partition coefficient (Wildman–Crippen LogP) is 2.99. The van der Waals surface area contributed by atoms with Crippen LogP contribution in [0.25, 0.3) is 0 Å². The van der Waals surface area contributed by atoms with Gasteiger partial charge in [0, 0.05) is 17.9 Å². The van der Waals surface area contributed by atoms with Crippen molar-refractivity contribution >= 4 is 23.4 Å². The molecule has 3 unspecified atom stereocenters. The van der Waals surface area contributed by atoms with Gasteiger partial charge in [-0.1, -0.05) is 29.8 Å². The van der Waals surface area contributed by atoms with Gasteiger partial charge < -0.3 is 14.6 Å². The number of benzene rings is 1. The number of phenols is 1. The molecule has 3 atom stereocenters. The largest absolute Gasteiger partial charge is 0.507 e. The number of hydrogen-bond donors (Lipinski definition) is 1. The molecule has 3 rings (SSSR count). The molecular weight excluding hydrogens is 332 g/mol. The van der Waals surface area contributed by atoms with E-state index in [1.807, 2.05) is 6.08 Å². The van der Waals surface area contributed by atoms with E-state index < -0.39 is 5.97 Å². The third kappa shape index (κ3) is 3.68. The van der Waals surface area contributed by atoms with Gasteiger partial charge in [0.05, 0.1) is 6.10 Å². The Balaban J connectivity index is 1.97. The number of carbonyl (C=O) groups excluding carboxylic acids is 2. The maximum Gasteiger partial charge on any atom is 0.342 e. The average Bonchev–Trinajstić information content (AvgIpc) is 3.24. The van der Waals surface area contributed by atoms with Crippen LogP contribution in [0.2, 0.25) is 5.02 Å². The van der Waals surface area contributed by atoms with Gasteiger partial charge in [0.2, 0.25) is 0 Å². The van der Waals surface area contributed by atoms with E-state index in [1.54, 1.807) is 19.1 Å². The normalized spacial score (nSPS) is 29.7. The van der Waals surface area contributed by atoms with Gasteiger partial charge in [-0.05, 0) is 30.7 Å². The second-order valence-electron chi connectivity index (χ2n) is 5.90. The third-order valence-electron chi connectivity index (χ3n) is 3.98. The van der Waals surface area contributed by atoms with Crippen LogP contribution in [0.3, 0.4) is 0 Å². The molecule has 0 aliphatic carbocycles. The molecule has 0 amide bonds. The summed E-state index contributed by atoms with van der Waals surface area (Å²) in [6.07, 6.45) is 6.69. The Morgan fingerprint density at radius 2 is 2.04 bits per heavy atom. The summed E-state index contributed by atoms with van der Waals surface area (Å²) in [4.78, 5) is 24.6. The molecule has 24 heavy (non-hydrogen) atoms. The molecule has 0 bridgehead atoms. The molecule has 0 spiro atoms. The van der Waals surface area contributed by atoms with Crippen LogP contribution in [0, 0.1) is 0 Å². The van der Waals surface area contributed by atoms with Crippen molar-refractivity contribution in [1.82, 2.24) is 0 Å². The first kappa shape index (κ1) is 16.7. The number of hydrogen-bond acceptors (Lipinski definition) is 5. The number of halogens is 1. The Kier molecular flexibility index (Phi) is 4.73. The van der Waals surface area contributed by atoms with Gasteiger partial charge in [0.1, 0.15) is 23.5 Å². The van der Waals surface area contributed by atoms with Crippen molar-refractivity contribution in [2.45, 2.75) is 38.1 Å². The van der Waals surface area contributed by atoms with Crippen molar-refractivity contribution in [2.75, 3.05) is 0 Å². The minimum atomic E-state index is -0.695. The van der Waals surface area contributed by atoms with Crippen LogP contribution in [0.5, 0.6) is 5.75 Å². The molecule has 0 radical (unpaired) electrons. The fourth-order valence-corrected chi connectivity index (χ4v) is 2.94. The van der Waals surface area contributed by atoms with Crippen molar-refractivity contribution in [3.05, 3.63) is 52.6 Å². The summed E-state index contributed by atoms with van der Waals surface area (Å²) >= 11 is 6.13. The summed E-state index contributed by atoms with van der Waals surface area (Å²) in [7, 11) is 0. The van der Waals surface area contributed by atoms with Crippen LogP contribution in [0.1, 0.15) is 29.3 Å². The monoisotopic (exact) mass is 348 g/mol. The Morgan fingerprint density at radius 1 is 1.25 bits per heavy atom. The number of ketones is 1. The number of cyclic esters (lactones) is 1. The lowest BCUT2D eigenvalue weighted by Gasteiger charge is -2.16. The first-order chi connectivity index (χ1) is 11.5. The molecule has 1 aromatic carbocycles. The zero-order chi connectivity index (χ0) is 17.3. The molecule has 1 aromatic rings. The molecule has 1 fully saturated rings. The average molecular weight is 349 g/mol. The number of allylic oxidation sites excluding steroid dienone is 3. The van der Waals surface area contributed by atoms with Gasteiger partial charge in [-0.2, -0.15) is 0 Å². The molecular formula is C18H17ClO5. The number of epoxide rings is 1. The summed E-state index contributed by atoms with van der Waals surface area (Å²) < 4.78 is 10.9. The van der Waals surface area contributed by atoms with E-state index in [-0.39, 0.29) is 52.4 Å². The number of carbonyl (C=O) groups is 2. The van der Waals surface area contributed by atoms with E-state index in [0.29, 0.717) is 6.42 Å². The minimum absolute atomic E-state index is 0.0106. The van der Waals surface area contributed by atoms with Crippen molar-refractivity contribution in [1.29, 1.82) is 0 Å². The summed E-state index contributed by atoms with van der Waals surface area (Å²) in [6, 6.07) is 2.77. The van der Waals surface area contributed by atoms with Gasteiger partial charge in [-0.15, -0.1) is 0 Å². The van der Waals surface area contributed by atoms with Gasteiger partial charge >= 0.3 is 5.97 Å². The maximum atomic E-state index is 12.5. The minimum Gasteiger partial charge on any atom is -0.507 e. The molecule has 1 N–H and O–H groups in total. The third-order valence-corrected chi connectivity index (χ3v) is 4.33. The van der Waals surface area contributed by atoms with Crippen molar-refractivity contribution in [3.8, 4) is 5.75 Å². The van der Waals surface area contributed by atoms with Crippen LogP contribution >= 0.6 is 11.6 Å². The van der Waals surface area contributed by atoms with Crippen molar-refractivity contribution < 1.29 is 24.2 Å². The summed E-state index contributed by atoms with van der Waals surface area (Å²) in [6.45, 7) is 1.76. The highest BCUT2D eigenvalue weighted by atomic mass is 35.5.